The Balaban J connectivity index is 1.48. The number of fused-ring (bicyclic) bond motifs is 6. The van der Waals surface area contributed by atoms with Gasteiger partial charge in [0.1, 0.15) is 23.2 Å². The first-order valence-corrected chi connectivity index (χ1v) is 20.8. The van der Waals surface area contributed by atoms with Crippen LogP contribution in [0.5, 0.6) is 0 Å². The average Bonchev–Trinajstić information content (AvgIpc) is 3.20. The Morgan fingerprint density at radius 3 is 1.76 bits per heavy atom. The summed E-state index contributed by atoms with van der Waals surface area (Å²) in [4.78, 5) is 14.7. The normalized spacial score (nSPS) is 17.1. The Morgan fingerprint density at radius 1 is 0.471 bits per heavy atom. The molecule has 0 fully saturated rings. The Morgan fingerprint density at radius 2 is 1.04 bits per heavy atom. The second-order valence-electron chi connectivity index (χ2n) is 13.2. The van der Waals surface area contributed by atoms with Crippen molar-refractivity contribution in [2.45, 2.75) is 0 Å². The molecule has 0 radical (unpaired) electrons. The molecular formula is C45H37N4P2+. The highest BCUT2D eigenvalue weighted by molar-refractivity contribution is 7.95. The van der Waals surface area contributed by atoms with Crippen molar-refractivity contribution in [3.05, 3.63) is 170 Å². The van der Waals surface area contributed by atoms with Gasteiger partial charge in [0.15, 0.2) is 0 Å². The fourth-order valence-electron chi connectivity index (χ4n) is 7.71. The van der Waals surface area contributed by atoms with Crippen LogP contribution in [0.25, 0.3) is 21.8 Å². The molecule has 51 heavy (non-hydrogen) atoms. The van der Waals surface area contributed by atoms with E-state index in [9.17, 15) is 0 Å². The predicted molar refractivity (Wildman–Crippen MR) is 223 cm³/mol. The minimum atomic E-state index is -2.29. The van der Waals surface area contributed by atoms with Gasteiger partial charge in [-0.1, -0.05) is 91.0 Å². The van der Waals surface area contributed by atoms with Crippen molar-refractivity contribution in [3.8, 4) is 0 Å². The van der Waals surface area contributed by atoms with Crippen molar-refractivity contribution in [2.75, 3.05) is 30.6 Å². The Hall–Kier alpha value is -5.40. The molecule has 0 aliphatic carbocycles. The highest BCUT2D eigenvalue weighted by Crippen LogP contribution is 2.57. The lowest BCUT2D eigenvalue weighted by Gasteiger charge is -2.36. The van der Waals surface area contributed by atoms with Gasteiger partial charge in [-0.3, -0.25) is 9.97 Å². The SMILES string of the molecule is CN1c2ccccc2P(c2ccccc2)c2cc3cccnc3cc2N(C)c2cc3ncccc3cc2[P+](C)(c2ccccc2)c2ccccc21. The van der Waals surface area contributed by atoms with Crippen molar-refractivity contribution in [3.63, 3.8) is 0 Å². The zero-order chi connectivity index (χ0) is 34.5. The van der Waals surface area contributed by atoms with Crippen LogP contribution in [0.3, 0.4) is 0 Å². The van der Waals surface area contributed by atoms with E-state index in [1.807, 2.05) is 24.5 Å². The maximum atomic E-state index is 4.90. The van der Waals surface area contributed by atoms with Crippen LogP contribution in [0, 0.1) is 0 Å². The molecule has 6 heteroatoms. The predicted octanol–water partition coefficient (Wildman–Crippen LogP) is 8.31. The van der Waals surface area contributed by atoms with Crippen LogP contribution in [-0.2, 0) is 0 Å². The molecule has 1 aliphatic rings. The second kappa shape index (κ2) is 12.7. The van der Waals surface area contributed by atoms with Crippen LogP contribution in [0.15, 0.2) is 170 Å². The summed E-state index contributed by atoms with van der Waals surface area (Å²) in [6.07, 6.45) is 3.80. The molecule has 2 aromatic heterocycles. The molecule has 0 spiro atoms. The van der Waals surface area contributed by atoms with Gasteiger partial charge >= 0.3 is 0 Å². The maximum absolute atomic E-state index is 4.90. The van der Waals surface area contributed by atoms with Crippen molar-refractivity contribution in [2.24, 2.45) is 0 Å². The molecule has 0 saturated carbocycles. The lowest BCUT2D eigenvalue weighted by molar-refractivity contribution is 1.22. The van der Waals surface area contributed by atoms with Gasteiger partial charge in [-0.05, 0) is 80.0 Å². The van der Waals surface area contributed by atoms with Crippen LogP contribution in [0.1, 0.15) is 0 Å². The van der Waals surface area contributed by atoms with E-state index in [0.717, 1.165) is 33.2 Å². The minimum Gasteiger partial charge on any atom is -0.341 e. The molecule has 4 nitrogen and oxygen atoms in total. The highest BCUT2D eigenvalue weighted by Gasteiger charge is 2.46. The quantitative estimate of drug-likeness (QED) is 0.170. The van der Waals surface area contributed by atoms with Crippen molar-refractivity contribution in [1.29, 1.82) is 0 Å². The van der Waals surface area contributed by atoms with E-state index in [1.165, 1.54) is 43.2 Å². The van der Waals surface area contributed by atoms with E-state index in [-0.39, 0.29) is 0 Å². The van der Waals surface area contributed by atoms with Gasteiger partial charge in [0.25, 0.3) is 0 Å². The van der Waals surface area contributed by atoms with Crippen LogP contribution in [0.4, 0.5) is 22.7 Å². The van der Waals surface area contributed by atoms with E-state index in [4.69, 9.17) is 9.97 Å². The molecule has 8 aromatic rings. The smallest absolute Gasteiger partial charge is 0.128 e. The van der Waals surface area contributed by atoms with E-state index >= 15 is 0 Å². The molecule has 246 valence electrons. The summed E-state index contributed by atoms with van der Waals surface area (Å²) in [6.45, 7) is 2.50. The van der Waals surface area contributed by atoms with Crippen LogP contribution >= 0.6 is 15.2 Å². The van der Waals surface area contributed by atoms with E-state index in [1.54, 1.807) is 0 Å². The highest BCUT2D eigenvalue weighted by atomic mass is 31.2. The summed E-state index contributed by atoms with van der Waals surface area (Å²) in [5.41, 5.74) is 6.70. The molecule has 6 aromatic carbocycles. The number of aromatic nitrogens is 2. The summed E-state index contributed by atoms with van der Waals surface area (Å²) < 4.78 is 0. The fraction of sp³-hybridized carbons (Fsp3) is 0.0667. The first kappa shape index (κ1) is 31.6. The summed E-state index contributed by atoms with van der Waals surface area (Å²) >= 11 is 0. The minimum absolute atomic E-state index is 0.982. The molecule has 3 heterocycles. The molecule has 0 N–H and O–H groups in total. The van der Waals surface area contributed by atoms with Gasteiger partial charge in [-0.15, -0.1) is 0 Å². The monoisotopic (exact) mass is 695 g/mol. The van der Waals surface area contributed by atoms with Crippen molar-refractivity contribution < 1.29 is 0 Å². The van der Waals surface area contributed by atoms with Crippen LogP contribution in [0.2, 0.25) is 0 Å². The molecule has 0 saturated heterocycles. The largest absolute Gasteiger partial charge is 0.341 e. The van der Waals surface area contributed by atoms with Crippen LogP contribution < -0.4 is 41.6 Å². The van der Waals surface area contributed by atoms with E-state index in [2.05, 4.69) is 176 Å². The number of nitrogens with zero attached hydrogens (tertiary/aromatic N) is 4. The zero-order valence-electron chi connectivity index (χ0n) is 28.8. The Kier molecular flexibility index (Phi) is 7.88. The topological polar surface area (TPSA) is 32.3 Å². The van der Waals surface area contributed by atoms with Gasteiger partial charge in [0.05, 0.1) is 34.8 Å². The first-order chi connectivity index (χ1) is 25.0. The number of pyridine rings is 2. The number of para-hydroxylation sites is 2. The van der Waals surface area contributed by atoms with Crippen molar-refractivity contribution in [1.82, 2.24) is 9.97 Å². The summed E-state index contributed by atoms with van der Waals surface area (Å²) in [5, 5.41) is 10.2. The third-order valence-electron chi connectivity index (χ3n) is 10.3. The third kappa shape index (κ3) is 5.21. The van der Waals surface area contributed by atoms with Crippen LogP contribution in [-0.4, -0.2) is 30.7 Å². The number of benzene rings is 6. The summed E-state index contributed by atoms with van der Waals surface area (Å²) in [6, 6.07) is 58.2. The summed E-state index contributed by atoms with van der Waals surface area (Å²) in [5.74, 6) is 0. The molecule has 9 rings (SSSR count). The fourth-order valence-corrected chi connectivity index (χ4v) is 14.1. The third-order valence-corrected chi connectivity index (χ3v) is 16.8. The molecule has 0 bridgehead atoms. The number of anilines is 4. The van der Waals surface area contributed by atoms with Gasteiger partial charge in [0.2, 0.25) is 0 Å². The Labute approximate surface area is 301 Å². The standard InChI is InChI=1S/C45H37N4P2/c1-48-38-22-10-12-24-42(38)50(34-18-6-4-7-19-34)43-28-32-16-14-26-46-36(32)30-40(43)49(2)41-31-37-33(17-15-27-47-37)29-45(41)51(3,35-20-8-5-9-21-35)44-25-13-11-23-39(44)48/h4-31H,1-3H3/q+1. The van der Waals surface area contributed by atoms with Gasteiger partial charge < -0.3 is 9.80 Å². The van der Waals surface area contributed by atoms with Gasteiger partial charge in [-0.2, -0.15) is 0 Å². The number of rotatable bonds is 2. The molecular weight excluding hydrogens is 658 g/mol. The van der Waals surface area contributed by atoms with Gasteiger partial charge in [0, 0.05) is 53.6 Å². The average molecular weight is 696 g/mol. The zero-order valence-corrected chi connectivity index (χ0v) is 30.6. The number of hydrogen-bond donors (Lipinski definition) is 0. The van der Waals surface area contributed by atoms with Gasteiger partial charge in [-0.25, -0.2) is 0 Å². The lowest BCUT2D eigenvalue weighted by atomic mass is 10.1. The lowest BCUT2D eigenvalue weighted by Crippen LogP contribution is -2.38. The van der Waals surface area contributed by atoms with Crippen molar-refractivity contribution >= 4 is 91.6 Å². The molecule has 2 unspecified atom stereocenters. The van der Waals surface area contributed by atoms with E-state index in [0.29, 0.717) is 0 Å². The maximum Gasteiger partial charge on any atom is 0.128 e. The molecule has 0 amide bonds. The summed E-state index contributed by atoms with van der Waals surface area (Å²) in [7, 11) is 1.18. The molecule has 1 aliphatic heterocycles. The first-order valence-electron chi connectivity index (χ1n) is 17.2. The van der Waals surface area contributed by atoms with E-state index < -0.39 is 15.2 Å². The number of hydrogen-bond acceptors (Lipinski definition) is 4. The Bertz CT molecular complexity index is 2560. The second-order valence-corrected chi connectivity index (χ2v) is 18.8. The molecule has 2 atom stereocenters.